The normalized spacial score (nSPS) is 12.8. The molecule has 2 N–H and O–H groups in total. The summed E-state index contributed by atoms with van der Waals surface area (Å²) in [6.45, 7) is 4.23. The van der Waals surface area contributed by atoms with Crippen molar-refractivity contribution in [2.24, 2.45) is 13.0 Å². The number of imidazole rings is 1. The third kappa shape index (κ3) is 4.20. The van der Waals surface area contributed by atoms with E-state index in [-0.39, 0.29) is 30.0 Å². The molecule has 1 unspecified atom stereocenters. The predicted molar refractivity (Wildman–Crippen MR) is 119 cm³/mol. The van der Waals surface area contributed by atoms with Crippen molar-refractivity contribution in [3.05, 3.63) is 61.5 Å². The van der Waals surface area contributed by atoms with Gasteiger partial charge in [0.15, 0.2) is 11.2 Å². The highest BCUT2D eigenvalue weighted by Crippen LogP contribution is 2.34. The molecule has 0 radical (unpaired) electrons. The minimum atomic E-state index is -0.485. The van der Waals surface area contributed by atoms with Gasteiger partial charge in [-0.25, -0.2) is 9.78 Å². The summed E-state index contributed by atoms with van der Waals surface area (Å²) in [6.07, 6.45) is 0.292. The van der Waals surface area contributed by atoms with Gasteiger partial charge in [-0.1, -0.05) is 37.6 Å². The lowest BCUT2D eigenvalue weighted by atomic mass is 10.1. The van der Waals surface area contributed by atoms with Crippen molar-refractivity contribution in [1.82, 2.24) is 18.7 Å². The first kappa shape index (κ1) is 22.6. The van der Waals surface area contributed by atoms with Crippen LogP contribution in [0.5, 0.6) is 0 Å². The molecule has 0 fully saturated rings. The zero-order valence-corrected chi connectivity index (χ0v) is 18.7. The molecule has 1 aromatic carbocycles. The van der Waals surface area contributed by atoms with Gasteiger partial charge in [0, 0.05) is 31.8 Å². The van der Waals surface area contributed by atoms with Crippen LogP contribution in [0.4, 0.5) is 0 Å². The Morgan fingerprint density at radius 1 is 1.17 bits per heavy atom. The van der Waals surface area contributed by atoms with Crippen molar-refractivity contribution in [3.63, 3.8) is 0 Å². The second-order valence-electron chi connectivity index (χ2n) is 7.50. The van der Waals surface area contributed by atoms with Gasteiger partial charge < -0.3 is 14.2 Å². The molecule has 0 spiro atoms. The summed E-state index contributed by atoms with van der Waals surface area (Å²) < 4.78 is 14.2. The van der Waals surface area contributed by atoms with Crippen molar-refractivity contribution in [1.29, 1.82) is 0 Å². The lowest BCUT2D eigenvalue weighted by Crippen LogP contribution is -2.40. The van der Waals surface area contributed by atoms with E-state index < -0.39 is 11.2 Å². The molecule has 3 rings (SSSR count). The SMILES string of the molecule is CC(C)C(SO)c1nc2c(c(=O)n(CCCO)c(=O)n2C)n1Cc1ccc(Cl)cc1. The molecule has 0 bridgehead atoms. The summed E-state index contributed by atoms with van der Waals surface area (Å²) in [5.41, 5.74) is 0.523. The first-order valence-electron chi connectivity index (χ1n) is 9.65. The molecule has 0 saturated heterocycles. The van der Waals surface area contributed by atoms with Gasteiger partial charge in [0.25, 0.3) is 5.56 Å². The largest absolute Gasteiger partial charge is 0.396 e. The Morgan fingerprint density at radius 2 is 1.83 bits per heavy atom. The summed E-state index contributed by atoms with van der Waals surface area (Å²) in [5, 5.41) is 9.37. The summed E-state index contributed by atoms with van der Waals surface area (Å²) >= 11 is 6.67. The highest BCUT2D eigenvalue weighted by molar-refractivity contribution is 7.94. The van der Waals surface area contributed by atoms with Crippen LogP contribution in [-0.4, -0.2) is 35.0 Å². The van der Waals surface area contributed by atoms with Crippen LogP contribution in [0.25, 0.3) is 11.2 Å². The van der Waals surface area contributed by atoms with Crippen LogP contribution in [0.1, 0.15) is 36.9 Å². The van der Waals surface area contributed by atoms with E-state index >= 15 is 0 Å². The average Bonchev–Trinajstić information content (AvgIpc) is 3.07. The molecule has 8 nitrogen and oxygen atoms in total. The molecule has 0 saturated carbocycles. The fourth-order valence-electron chi connectivity index (χ4n) is 3.43. The second-order valence-corrected chi connectivity index (χ2v) is 8.66. The molecule has 30 heavy (non-hydrogen) atoms. The Bertz CT molecular complexity index is 1150. The molecule has 0 aliphatic carbocycles. The van der Waals surface area contributed by atoms with Gasteiger partial charge in [-0.15, -0.1) is 0 Å². The minimum Gasteiger partial charge on any atom is -0.396 e. The molecule has 162 valence electrons. The molecule has 10 heteroatoms. The lowest BCUT2D eigenvalue weighted by molar-refractivity contribution is 0.277. The van der Waals surface area contributed by atoms with Crippen LogP contribution in [0.15, 0.2) is 33.9 Å². The number of aromatic nitrogens is 4. The maximum Gasteiger partial charge on any atom is 0.332 e. The molecule has 0 aliphatic rings. The summed E-state index contributed by atoms with van der Waals surface area (Å²) in [6, 6.07) is 7.26. The Morgan fingerprint density at radius 3 is 2.40 bits per heavy atom. The van der Waals surface area contributed by atoms with E-state index in [1.54, 1.807) is 23.7 Å². The van der Waals surface area contributed by atoms with Crippen molar-refractivity contribution in [2.75, 3.05) is 6.61 Å². The van der Waals surface area contributed by atoms with Crippen molar-refractivity contribution < 1.29 is 9.66 Å². The molecule has 3 aromatic rings. The highest BCUT2D eigenvalue weighted by atomic mass is 35.5. The van der Waals surface area contributed by atoms with Crippen LogP contribution in [0.2, 0.25) is 5.02 Å². The Balaban J connectivity index is 2.32. The topological polar surface area (TPSA) is 102 Å². The number of hydrogen-bond donors (Lipinski definition) is 2. The fraction of sp³-hybridized carbons (Fsp3) is 0.450. The van der Waals surface area contributed by atoms with E-state index in [2.05, 4.69) is 4.98 Å². The molecular formula is C20H25ClN4O4S. The lowest BCUT2D eigenvalue weighted by Gasteiger charge is -2.18. The number of aryl methyl sites for hydroxylation is 1. The van der Waals surface area contributed by atoms with E-state index in [0.29, 0.717) is 41.4 Å². The Hall–Kier alpha value is -2.07. The van der Waals surface area contributed by atoms with Crippen LogP contribution < -0.4 is 11.2 Å². The maximum absolute atomic E-state index is 13.3. The van der Waals surface area contributed by atoms with Crippen molar-refractivity contribution in [2.45, 2.75) is 38.6 Å². The first-order chi connectivity index (χ1) is 14.3. The smallest absolute Gasteiger partial charge is 0.332 e. The third-order valence-electron chi connectivity index (χ3n) is 5.03. The Kier molecular flexibility index (Phi) is 7.07. The number of halogens is 1. The van der Waals surface area contributed by atoms with Crippen LogP contribution in [-0.2, 0) is 20.1 Å². The highest BCUT2D eigenvalue weighted by Gasteiger charge is 2.27. The molecule has 2 heterocycles. The number of aliphatic hydroxyl groups is 1. The zero-order chi connectivity index (χ0) is 22.0. The fourth-order valence-corrected chi connectivity index (χ4v) is 4.07. The average molecular weight is 453 g/mol. The quantitative estimate of drug-likeness (QED) is 0.509. The second kappa shape index (κ2) is 9.38. The summed E-state index contributed by atoms with van der Waals surface area (Å²) in [7, 11) is 1.57. The van der Waals surface area contributed by atoms with E-state index in [9.17, 15) is 14.1 Å². The molecule has 0 amide bonds. The van der Waals surface area contributed by atoms with E-state index in [1.807, 2.05) is 26.0 Å². The standard InChI is InChI=1S/C20H25ClN4O4S/c1-12(2)16(30-29)18-22-17-15(25(18)11-13-5-7-14(21)8-6-13)19(27)24(9-4-10-26)20(28)23(17)3/h5-8,12,16,26,29H,4,9-11H2,1-3H3. The number of nitrogens with zero attached hydrogens (tertiary/aromatic N) is 4. The van der Waals surface area contributed by atoms with Crippen LogP contribution in [0.3, 0.4) is 0 Å². The van der Waals surface area contributed by atoms with Crippen LogP contribution >= 0.6 is 23.6 Å². The summed E-state index contributed by atoms with van der Waals surface area (Å²) in [5.74, 6) is 0.559. The monoisotopic (exact) mass is 452 g/mol. The molecule has 0 aliphatic heterocycles. The number of benzene rings is 1. The molecular weight excluding hydrogens is 428 g/mol. The maximum atomic E-state index is 13.3. The summed E-state index contributed by atoms with van der Waals surface area (Å²) in [4.78, 5) is 30.6. The van der Waals surface area contributed by atoms with Gasteiger partial charge in [0.2, 0.25) is 0 Å². The number of aliphatic hydroxyl groups excluding tert-OH is 1. The minimum absolute atomic E-state index is 0.0365. The van der Waals surface area contributed by atoms with Gasteiger partial charge in [-0.05, 0) is 42.1 Å². The Labute approximate surface area is 182 Å². The van der Waals surface area contributed by atoms with Gasteiger partial charge in [0.05, 0.1) is 5.25 Å². The van der Waals surface area contributed by atoms with E-state index in [4.69, 9.17) is 16.7 Å². The van der Waals surface area contributed by atoms with Gasteiger partial charge in [-0.3, -0.25) is 13.9 Å². The van der Waals surface area contributed by atoms with Crippen molar-refractivity contribution in [3.8, 4) is 0 Å². The van der Waals surface area contributed by atoms with Gasteiger partial charge >= 0.3 is 5.69 Å². The molecule has 1 atom stereocenters. The van der Waals surface area contributed by atoms with Crippen LogP contribution in [0, 0.1) is 5.92 Å². The predicted octanol–water partition coefficient (Wildman–Crippen LogP) is 2.88. The zero-order valence-electron chi connectivity index (χ0n) is 17.1. The number of hydrogen-bond acceptors (Lipinski definition) is 6. The van der Waals surface area contributed by atoms with Crippen molar-refractivity contribution >= 4 is 34.8 Å². The number of rotatable bonds is 8. The van der Waals surface area contributed by atoms with E-state index in [1.165, 1.54) is 4.57 Å². The van der Waals surface area contributed by atoms with E-state index in [0.717, 1.165) is 10.1 Å². The van der Waals surface area contributed by atoms with Gasteiger partial charge in [-0.2, -0.15) is 0 Å². The number of fused-ring (bicyclic) bond motifs is 1. The molecule has 2 aromatic heterocycles. The third-order valence-corrected chi connectivity index (χ3v) is 6.26. The first-order valence-corrected chi connectivity index (χ1v) is 10.9. The van der Waals surface area contributed by atoms with Gasteiger partial charge in [0.1, 0.15) is 5.82 Å².